The van der Waals surface area contributed by atoms with Crippen LogP contribution in [-0.2, 0) is 19.3 Å². The molecular weight excluding hydrogens is 379 g/mol. The third-order valence-corrected chi connectivity index (χ3v) is 7.36. The van der Waals surface area contributed by atoms with Gasteiger partial charge in [-0.15, -0.1) is 0 Å². The molecule has 1 heteroatoms. The summed E-state index contributed by atoms with van der Waals surface area (Å²) in [6.07, 6.45) is 17.2. The van der Waals surface area contributed by atoms with Crippen LogP contribution in [0.25, 0.3) is 0 Å². The maximum atomic E-state index is 14.9. The summed E-state index contributed by atoms with van der Waals surface area (Å²) in [5.41, 5.74) is 4.88. The number of rotatable bonds is 12. The van der Waals surface area contributed by atoms with Crippen LogP contribution in [0.5, 0.6) is 0 Å². The average Bonchev–Trinajstić information content (AvgIpc) is 2.80. The van der Waals surface area contributed by atoms with Gasteiger partial charge >= 0.3 is 0 Å². The van der Waals surface area contributed by atoms with Crippen molar-refractivity contribution in [2.75, 3.05) is 0 Å². The van der Waals surface area contributed by atoms with E-state index in [1.807, 2.05) is 6.07 Å². The molecule has 0 N–H and O–H groups in total. The van der Waals surface area contributed by atoms with Crippen molar-refractivity contribution < 1.29 is 4.39 Å². The fraction of sp³-hybridized carbons (Fsp3) is 0.600. The molecule has 0 aliphatic heterocycles. The number of unbranched alkanes of at least 4 members (excludes halogenated alkanes) is 4. The van der Waals surface area contributed by atoms with E-state index in [-0.39, 0.29) is 5.82 Å². The molecule has 1 fully saturated rings. The van der Waals surface area contributed by atoms with Crippen LogP contribution in [0.1, 0.15) is 113 Å². The van der Waals surface area contributed by atoms with Crippen LogP contribution in [-0.4, -0.2) is 0 Å². The molecule has 1 aliphatic rings. The lowest BCUT2D eigenvalue weighted by Crippen LogP contribution is -2.14. The van der Waals surface area contributed by atoms with Crippen LogP contribution in [0.4, 0.5) is 4.39 Å². The molecule has 0 amide bonds. The van der Waals surface area contributed by atoms with E-state index < -0.39 is 0 Å². The minimum absolute atomic E-state index is 0.0261. The molecule has 2 aromatic rings. The Balaban J connectivity index is 1.46. The standard InChI is InChI=1S/C30H43F/c1-3-5-7-9-24-11-13-26(14-12-24)15-16-27-19-22-29(30(31)23-27)28-20-17-25(18-21-28)10-8-6-4-2/h11-14,19,22-23,25,28H,3-10,15-18,20-21H2,1-2H3/t25-,28-. The third-order valence-electron chi connectivity index (χ3n) is 7.36. The van der Waals surface area contributed by atoms with E-state index in [0.717, 1.165) is 42.7 Å². The van der Waals surface area contributed by atoms with Gasteiger partial charge in [-0.05, 0) is 91.5 Å². The lowest BCUT2D eigenvalue weighted by atomic mass is 9.76. The van der Waals surface area contributed by atoms with Gasteiger partial charge in [0.05, 0.1) is 0 Å². The Morgan fingerprint density at radius 1 is 0.677 bits per heavy atom. The highest BCUT2D eigenvalue weighted by Gasteiger charge is 2.24. The Kier molecular flexibility index (Phi) is 10.1. The van der Waals surface area contributed by atoms with Crippen LogP contribution >= 0.6 is 0 Å². The number of benzene rings is 2. The fourth-order valence-corrected chi connectivity index (χ4v) is 5.24. The van der Waals surface area contributed by atoms with E-state index in [2.05, 4.69) is 50.2 Å². The first kappa shape index (κ1) is 24.0. The summed E-state index contributed by atoms with van der Waals surface area (Å²) >= 11 is 0. The third kappa shape index (κ3) is 7.78. The van der Waals surface area contributed by atoms with Crippen LogP contribution in [0, 0.1) is 11.7 Å². The van der Waals surface area contributed by atoms with Crippen molar-refractivity contribution in [3.63, 3.8) is 0 Å². The van der Waals surface area contributed by atoms with Gasteiger partial charge in [-0.1, -0.05) is 88.8 Å². The van der Waals surface area contributed by atoms with Crippen LogP contribution in [0.3, 0.4) is 0 Å². The minimum atomic E-state index is 0.0261. The molecule has 2 aromatic carbocycles. The van der Waals surface area contributed by atoms with Crippen molar-refractivity contribution >= 4 is 0 Å². The Bertz CT molecular complexity index is 752. The van der Waals surface area contributed by atoms with E-state index in [1.54, 1.807) is 0 Å². The van der Waals surface area contributed by atoms with Gasteiger partial charge in [0.1, 0.15) is 5.82 Å². The zero-order chi connectivity index (χ0) is 21.9. The Labute approximate surface area is 190 Å². The quantitative estimate of drug-likeness (QED) is 0.299. The molecule has 0 unspecified atom stereocenters. The molecule has 0 spiro atoms. The number of halogens is 1. The monoisotopic (exact) mass is 422 g/mol. The lowest BCUT2D eigenvalue weighted by Gasteiger charge is -2.29. The van der Waals surface area contributed by atoms with Crippen molar-refractivity contribution in [1.82, 2.24) is 0 Å². The Hall–Kier alpha value is -1.63. The molecule has 170 valence electrons. The average molecular weight is 423 g/mol. The summed E-state index contributed by atoms with van der Waals surface area (Å²) in [7, 11) is 0. The van der Waals surface area contributed by atoms with E-state index in [0.29, 0.717) is 5.92 Å². The maximum absolute atomic E-state index is 14.9. The highest BCUT2D eigenvalue weighted by Crippen LogP contribution is 2.38. The fourth-order valence-electron chi connectivity index (χ4n) is 5.24. The molecule has 3 rings (SSSR count). The molecule has 0 atom stereocenters. The zero-order valence-corrected chi connectivity index (χ0v) is 20.0. The molecule has 0 aromatic heterocycles. The largest absolute Gasteiger partial charge is 0.207 e. The van der Waals surface area contributed by atoms with E-state index in [9.17, 15) is 4.39 Å². The predicted octanol–water partition coefficient (Wildman–Crippen LogP) is 9.20. The van der Waals surface area contributed by atoms with Crippen LogP contribution in [0.15, 0.2) is 42.5 Å². The number of hydrogen-bond donors (Lipinski definition) is 0. The molecule has 1 saturated carbocycles. The topological polar surface area (TPSA) is 0 Å². The zero-order valence-electron chi connectivity index (χ0n) is 20.0. The highest BCUT2D eigenvalue weighted by atomic mass is 19.1. The first-order valence-corrected chi connectivity index (χ1v) is 13.1. The van der Waals surface area contributed by atoms with Crippen LogP contribution in [0.2, 0.25) is 0 Å². The summed E-state index contributed by atoms with van der Waals surface area (Å²) in [5, 5.41) is 0. The van der Waals surface area contributed by atoms with Crippen molar-refractivity contribution in [2.24, 2.45) is 5.92 Å². The molecule has 31 heavy (non-hydrogen) atoms. The molecule has 0 nitrogen and oxygen atoms in total. The van der Waals surface area contributed by atoms with E-state index in [1.165, 1.54) is 75.3 Å². The SMILES string of the molecule is CCCCCc1ccc(CCc2ccc([C@H]3CC[C@H](CCCCC)CC3)c(F)c2)cc1. The molecule has 0 saturated heterocycles. The Morgan fingerprint density at radius 3 is 1.90 bits per heavy atom. The van der Waals surface area contributed by atoms with Crippen molar-refractivity contribution in [3.05, 3.63) is 70.5 Å². The van der Waals surface area contributed by atoms with Gasteiger partial charge in [-0.3, -0.25) is 0 Å². The molecular formula is C30H43F. The van der Waals surface area contributed by atoms with E-state index in [4.69, 9.17) is 0 Å². The number of hydrogen-bond acceptors (Lipinski definition) is 0. The van der Waals surface area contributed by atoms with Crippen molar-refractivity contribution in [2.45, 2.75) is 110 Å². The first-order valence-electron chi connectivity index (χ1n) is 13.1. The molecule has 0 bridgehead atoms. The second-order valence-electron chi connectivity index (χ2n) is 9.84. The van der Waals surface area contributed by atoms with E-state index >= 15 is 0 Å². The second kappa shape index (κ2) is 13.0. The summed E-state index contributed by atoms with van der Waals surface area (Å²) in [5.74, 6) is 1.33. The van der Waals surface area contributed by atoms with Gasteiger partial charge in [0.25, 0.3) is 0 Å². The second-order valence-corrected chi connectivity index (χ2v) is 9.84. The molecule has 1 aliphatic carbocycles. The molecule has 0 radical (unpaired) electrons. The van der Waals surface area contributed by atoms with Crippen molar-refractivity contribution in [1.29, 1.82) is 0 Å². The lowest BCUT2D eigenvalue weighted by molar-refractivity contribution is 0.299. The minimum Gasteiger partial charge on any atom is -0.207 e. The highest BCUT2D eigenvalue weighted by molar-refractivity contribution is 5.29. The predicted molar refractivity (Wildman–Crippen MR) is 132 cm³/mol. The van der Waals surface area contributed by atoms with Gasteiger partial charge in [0.2, 0.25) is 0 Å². The van der Waals surface area contributed by atoms with Gasteiger partial charge in [-0.25, -0.2) is 4.39 Å². The summed E-state index contributed by atoms with van der Waals surface area (Å²) in [4.78, 5) is 0. The van der Waals surface area contributed by atoms with Crippen molar-refractivity contribution in [3.8, 4) is 0 Å². The van der Waals surface area contributed by atoms with Gasteiger partial charge in [0, 0.05) is 0 Å². The normalized spacial score (nSPS) is 18.9. The van der Waals surface area contributed by atoms with Crippen LogP contribution < -0.4 is 0 Å². The first-order chi connectivity index (χ1) is 15.2. The molecule has 0 heterocycles. The van der Waals surface area contributed by atoms with Gasteiger partial charge in [-0.2, -0.15) is 0 Å². The summed E-state index contributed by atoms with van der Waals surface area (Å²) in [6, 6.07) is 15.1. The smallest absolute Gasteiger partial charge is 0.126 e. The van der Waals surface area contributed by atoms with Gasteiger partial charge in [0.15, 0.2) is 0 Å². The summed E-state index contributed by atoms with van der Waals surface area (Å²) < 4.78 is 14.9. The number of aryl methyl sites for hydroxylation is 3. The summed E-state index contributed by atoms with van der Waals surface area (Å²) in [6.45, 7) is 4.52. The maximum Gasteiger partial charge on any atom is 0.126 e. The van der Waals surface area contributed by atoms with Gasteiger partial charge < -0.3 is 0 Å². The Morgan fingerprint density at radius 2 is 1.26 bits per heavy atom.